The van der Waals surface area contributed by atoms with Gasteiger partial charge in [-0.25, -0.2) is 8.42 Å². The van der Waals surface area contributed by atoms with Crippen molar-refractivity contribution < 1.29 is 27.4 Å². The Hall–Kier alpha value is -3.23. The molecule has 2 heterocycles. The number of benzene rings is 2. The van der Waals surface area contributed by atoms with Gasteiger partial charge in [0.05, 0.1) is 17.2 Å². The Morgan fingerprint density at radius 2 is 1.73 bits per heavy atom. The van der Waals surface area contributed by atoms with Crippen LogP contribution in [0.5, 0.6) is 5.75 Å². The summed E-state index contributed by atoms with van der Waals surface area (Å²) < 4.78 is 42.5. The molecule has 0 aliphatic carbocycles. The summed E-state index contributed by atoms with van der Waals surface area (Å²) in [6.45, 7) is 5.97. The van der Waals surface area contributed by atoms with Gasteiger partial charge >= 0.3 is 5.97 Å². The molecule has 0 bridgehead atoms. The molecule has 0 N–H and O–H groups in total. The number of ether oxygens (including phenoxy) is 3. The van der Waals surface area contributed by atoms with Crippen LogP contribution in [0, 0.1) is 0 Å². The lowest BCUT2D eigenvalue weighted by Gasteiger charge is -2.36. The van der Waals surface area contributed by atoms with Crippen LogP contribution in [-0.4, -0.2) is 49.5 Å². The Balaban J connectivity index is 1.44. The highest BCUT2D eigenvalue weighted by atomic mass is 32.2. The van der Waals surface area contributed by atoms with E-state index in [1.54, 1.807) is 39.1 Å². The molecule has 196 valence electrons. The number of hydrogen-bond donors (Lipinski definition) is 0. The summed E-state index contributed by atoms with van der Waals surface area (Å²) in [7, 11) is -4.02. The molecule has 0 atom stereocenters. The lowest BCUT2D eigenvalue weighted by molar-refractivity contribution is -0.160. The lowest BCUT2D eigenvalue weighted by Crippen LogP contribution is -2.53. The predicted molar refractivity (Wildman–Crippen MR) is 141 cm³/mol. The number of rotatable bonds is 8. The van der Waals surface area contributed by atoms with Gasteiger partial charge in [-0.3, -0.25) is 9.78 Å². The van der Waals surface area contributed by atoms with Crippen LogP contribution in [-0.2, 0) is 30.5 Å². The van der Waals surface area contributed by atoms with Crippen LogP contribution in [0.2, 0.25) is 0 Å². The Morgan fingerprint density at radius 1 is 1.00 bits per heavy atom. The van der Waals surface area contributed by atoms with Gasteiger partial charge in [0.25, 0.3) is 0 Å². The average molecular weight is 524 g/mol. The quantitative estimate of drug-likeness (QED) is 0.382. The molecule has 37 heavy (non-hydrogen) atoms. The third-order valence-corrected chi connectivity index (χ3v) is 8.76. The maximum Gasteiger partial charge on any atom is 0.328 e. The van der Waals surface area contributed by atoms with Gasteiger partial charge in [-0.05, 0) is 68.8 Å². The first-order valence-electron chi connectivity index (χ1n) is 12.4. The second kappa shape index (κ2) is 11.0. The minimum atomic E-state index is -4.02. The molecule has 1 aliphatic rings. The van der Waals surface area contributed by atoms with Crippen molar-refractivity contribution in [2.45, 2.75) is 55.3 Å². The monoisotopic (exact) mass is 523 g/mol. The number of sulfone groups is 1. The van der Waals surface area contributed by atoms with E-state index in [-0.39, 0.29) is 31.0 Å². The van der Waals surface area contributed by atoms with Crippen LogP contribution in [0.3, 0.4) is 0 Å². The predicted octanol–water partition coefficient (Wildman–Crippen LogP) is 5.03. The number of carbonyl (C=O) groups is 1. The van der Waals surface area contributed by atoms with Crippen LogP contribution in [0.1, 0.15) is 39.2 Å². The van der Waals surface area contributed by atoms with Crippen molar-refractivity contribution in [1.82, 2.24) is 4.98 Å². The third-order valence-electron chi connectivity index (χ3n) is 6.27. The van der Waals surface area contributed by atoms with Gasteiger partial charge in [0.1, 0.15) is 11.4 Å². The van der Waals surface area contributed by atoms with Crippen molar-refractivity contribution in [2.24, 2.45) is 0 Å². The first-order chi connectivity index (χ1) is 17.6. The first kappa shape index (κ1) is 26.8. The molecular weight excluding hydrogens is 490 g/mol. The Kier molecular flexibility index (Phi) is 7.99. The average Bonchev–Trinajstić information content (AvgIpc) is 2.89. The fourth-order valence-corrected chi connectivity index (χ4v) is 6.21. The number of pyridine rings is 1. The third kappa shape index (κ3) is 6.19. The van der Waals surface area contributed by atoms with Gasteiger partial charge in [0.2, 0.25) is 0 Å². The van der Waals surface area contributed by atoms with Gasteiger partial charge in [0.15, 0.2) is 14.6 Å². The van der Waals surface area contributed by atoms with Crippen molar-refractivity contribution in [1.29, 1.82) is 0 Å². The van der Waals surface area contributed by atoms with E-state index in [0.29, 0.717) is 18.8 Å². The van der Waals surface area contributed by atoms with Crippen LogP contribution in [0.15, 0.2) is 77.8 Å². The number of esters is 1. The number of aromatic nitrogens is 1. The highest BCUT2D eigenvalue weighted by molar-refractivity contribution is 7.93. The number of nitrogens with zero attached hydrogens (tertiary/aromatic N) is 1. The molecule has 1 aromatic heterocycles. The fraction of sp³-hybridized carbons (Fsp3) is 0.379. The molecule has 0 unspecified atom stereocenters. The van der Waals surface area contributed by atoms with Crippen LogP contribution in [0.25, 0.3) is 11.3 Å². The van der Waals surface area contributed by atoms with Crippen LogP contribution < -0.4 is 4.74 Å². The molecule has 0 amide bonds. The molecular formula is C29H33NO6S. The molecule has 1 fully saturated rings. The van der Waals surface area contributed by atoms with Crippen molar-refractivity contribution >= 4 is 15.8 Å². The summed E-state index contributed by atoms with van der Waals surface area (Å²) in [5, 5.41) is 0. The highest BCUT2D eigenvalue weighted by Gasteiger charge is 2.54. The minimum Gasteiger partial charge on any atom is -0.493 e. The van der Waals surface area contributed by atoms with Crippen LogP contribution >= 0.6 is 0 Å². The number of hydrogen-bond acceptors (Lipinski definition) is 7. The van der Waals surface area contributed by atoms with E-state index in [4.69, 9.17) is 14.2 Å². The molecule has 0 radical (unpaired) electrons. The number of carbonyl (C=O) groups excluding carboxylic acids is 1. The minimum absolute atomic E-state index is 0.0556. The standard InChI is InChI=1S/C29H33NO6S/c1-28(2,3)36-27(31)29(15-19-34-20-16-29)37(32,33)25-12-10-24(11-13-25)35-18-14-22-7-6-8-23(21-22)26-9-4-5-17-30-26/h4-13,17,21H,14-16,18-20H2,1-3H3. The molecule has 7 nitrogen and oxygen atoms in total. The van der Waals surface area contributed by atoms with Gasteiger partial charge in [-0.2, -0.15) is 0 Å². The summed E-state index contributed by atoms with van der Waals surface area (Å²) in [4.78, 5) is 17.6. The molecule has 4 rings (SSSR count). The molecule has 1 saturated heterocycles. The van der Waals surface area contributed by atoms with Gasteiger partial charge in [-0.1, -0.05) is 24.3 Å². The van der Waals surface area contributed by atoms with E-state index >= 15 is 0 Å². The second-order valence-corrected chi connectivity index (χ2v) is 12.4. The highest BCUT2D eigenvalue weighted by Crippen LogP contribution is 2.37. The van der Waals surface area contributed by atoms with Gasteiger partial charge in [0, 0.05) is 44.2 Å². The Morgan fingerprint density at radius 3 is 2.38 bits per heavy atom. The zero-order valence-corrected chi connectivity index (χ0v) is 22.3. The summed E-state index contributed by atoms with van der Waals surface area (Å²) >= 11 is 0. The first-order valence-corrected chi connectivity index (χ1v) is 13.9. The Labute approximate surface area is 218 Å². The second-order valence-electron chi connectivity index (χ2n) is 10.1. The summed E-state index contributed by atoms with van der Waals surface area (Å²) in [5.74, 6) is -0.172. The van der Waals surface area contributed by atoms with Gasteiger partial charge in [-0.15, -0.1) is 0 Å². The van der Waals surface area contributed by atoms with E-state index in [9.17, 15) is 13.2 Å². The molecule has 1 aliphatic heterocycles. The molecule has 2 aromatic carbocycles. The van der Waals surface area contributed by atoms with E-state index in [1.807, 2.05) is 36.4 Å². The van der Waals surface area contributed by atoms with Crippen molar-refractivity contribution in [2.75, 3.05) is 19.8 Å². The molecule has 0 saturated carbocycles. The zero-order valence-electron chi connectivity index (χ0n) is 21.5. The molecule has 3 aromatic rings. The Bertz CT molecular complexity index is 1310. The summed E-state index contributed by atoms with van der Waals surface area (Å²) in [6, 6.07) is 20.2. The summed E-state index contributed by atoms with van der Waals surface area (Å²) in [6.07, 6.45) is 2.56. The van der Waals surface area contributed by atoms with Crippen LogP contribution in [0.4, 0.5) is 0 Å². The zero-order chi connectivity index (χ0) is 26.5. The van der Waals surface area contributed by atoms with E-state index in [1.165, 1.54) is 12.1 Å². The lowest BCUT2D eigenvalue weighted by atomic mass is 9.99. The smallest absolute Gasteiger partial charge is 0.328 e. The van der Waals surface area contributed by atoms with E-state index in [0.717, 1.165) is 16.8 Å². The maximum absolute atomic E-state index is 13.7. The normalized spacial score (nSPS) is 15.6. The SMILES string of the molecule is CC(C)(C)OC(=O)C1(S(=O)(=O)c2ccc(OCCc3cccc(-c4ccccn4)c3)cc2)CCOCC1. The largest absolute Gasteiger partial charge is 0.493 e. The van der Waals surface area contributed by atoms with E-state index in [2.05, 4.69) is 11.1 Å². The van der Waals surface area contributed by atoms with Crippen molar-refractivity contribution in [3.05, 3.63) is 78.5 Å². The summed E-state index contributed by atoms with van der Waals surface area (Å²) in [5.41, 5.74) is 2.27. The van der Waals surface area contributed by atoms with E-state index < -0.39 is 26.2 Å². The molecule has 0 spiro atoms. The maximum atomic E-state index is 13.7. The van der Waals surface area contributed by atoms with Crippen molar-refractivity contribution in [3.63, 3.8) is 0 Å². The van der Waals surface area contributed by atoms with Gasteiger partial charge < -0.3 is 14.2 Å². The molecule has 8 heteroatoms. The topological polar surface area (TPSA) is 91.8 Å². The van der Waals surface area contributed by atoms with Crippen molar-refractivity contribution in [3.8, 4) is 17.0 Å². The fourth-order valence-electron chi connectivity index (χ4n) is 4.30.